The fourth-order valence-corrected chi connectivity index (χ4v) is 2.75. The maximum atomic E-state index is 4.25. The number of benzene rings is 2. The summed E-state index contributed by atoms with van der Waals surface area (Å²) >= 11 is 0. The SMILES string of the molecule is C=C1CCc2cc(C(=C)N(C)c3ccccc3)ccc21. The van der Waals surface area contributed by atoms with E-state index in [0.717, 1.165) is 24.2 Å². The van der Waals surface area contributed by atoms with Crippen molar-refractivity contribution in [3.63, 3.8) is 0 Å². The molecule has 1 heteroatoms. The predicted molar refractivity (Wildman–Crippen MR) is 87.7 cm³/mol. The molecule has 0 saturated heterocycles. The first-order valence-corrected chi connectivity index (χ1v) is 6.96. The van der Waals surface area contributed by atoms with Crippen LogP contribution in [0, 0.1) is 0 Å². The monoisotopic (exact) mass is 261 g/mol. The van der Waals surface area contributed by atoms with E-state index in [-0.39, 0.29) is 0 Å². The first kappa shape index (κ1) is 12.7. The Morgan fingerprint density at radius 3 is 2.55 bits per heavy atom. The molecule has 0 spiro atoms. The zero-order valence-electron chi connectivity index (χ0n) is 11.9. The molecule has 1 aliphatic rings. The van der Waals surface area contributed by atoms with E-state index in [0.29, 0.717) is 0 Å². The minimum atomic E-state index is 1.02. The first-order valence-electron chi connectivity index (χ1n) is 6.96. The fraction of sp³-hybridized carbons (Fsp3) is 0.158. The normalized spacial score (nSPS) is 13.2. The number of aryl methyl sites for hydroxylation is 1. The van der Waals surface area contributed by atoms with Crippen LogP contribution in [-0.2, 0) is 6.42 Å². The Labute approximate surface area is 120 Å². The molecule has 0 heterocycles. The molecule has 2 aromatic rings. The van der Waals surface area contributed by atoms with E-state index in [2.05, 4.69) is 55.4 Å². The van der Waals surface area contributed by atoms with E-state index < -0.39 is 0 Å². The Bertz CT molecular complexity index is 667. The Kier molecular flexibility index (Phi) is 3.19. The van der Waals surface area contributed by atoms with Crippen LogP contribution in [0.5, 0.6) is 0 Å². The Morgan fingerprint density at radius 1 is 1.05 bits per heavy atom. The Morgan fingerprint density at radius 2 is 1.80 bits per heavy atom. The van der Waals surface area contributed by atoms with Gasteiger partial charge >= 0.3 is 0 Å². The molecule has 3 rings (SSSR count). The largest absolute Gasteiger partial charge is 0.345 e. The van der Waals surface area contributed by atoms with Gasteiger partial charge in [-0.3, -0.25) is 0 Å². The second-order valence-corrected chi connectivity index (χ2v) is 5.32. The molecule has 0 aromatic heterocycles. The van der Waals surface area contributed by atoms with Crippen LogP contribution in [0.25, 0.3) is 11.3 Å². The van der Waals surface area contributed by atoms with Gasteiger partial charge in [-0.1, -0.05) is 43.5 Å². The molecule has 0 amide bonds. The van der Waals surface area contributed by atoms with Gasteiger partial charge in [0.05, 0.1) is 0 Å². The molecule has 20 heavy (non-hydrogen) atoms. The third kappa shape index (κ3) is 2.16. The zero-order chi connectivity index (χ0) is 14.1. The molecule has 0 radical (unpaired) electrons. The average Bonchev–Trinajstić information content (AvgIpc) is 2.87. The van der Waals surface area contributed by atoms with Crippen molar-refractivity contribution in [2.75, 3.05) is 11.9 Å². The molecular formula is C19H19N. The molecule has 0 fully saturated rings. The molecule has 2 aromatic carbocycles. The van der Waals surface area contributed by atoms with Gasteiger partial charge < -0.3 is 4.90 Å². The summed E-state index contributed by atoms with van der Waals surface area (Å²) in [6.07, 6.45) is 2.18. The minimum absolute atomic E-state index is 1.02. The number of hydrogen-bond donors (Lipinski definition) is 0. The van der Waals surface area contributed by atoms with E-state index in [9.17, 15) is 0 Å². The lowest BCUT2D eigenvalue weighted by Gasteiger charge is -2.22. The molecule has 1 aliphatic carbocycles. The zero-order valence-corrected chi connectivity index (χ0v) is 11.9. The summed E-state index contributed by atoms with van der Waals surface area (Å²) in [4.78, 5) is 2.13. The van der Waals surface area contributed by atoms with Gasteiger partial charge in [0.2, 0.25) is 0 Å². The highest BCUT2D eigenvalue weighted by molar-refractivity contribution is 5.80. The number of rotatable bonds is 3. The summed E-state index contributed by atoms with van der Waals surface area (Å²) in [7, 11) is 2.06. The van der Waals surface area contributed by atoms with Crippen molar-refractivity contribution < 1.29 is 0 Å². The van der Waals surface area contributed by atoms with Gasteiger partial charge in [0.15, 0.2) is 0 Å². The van der Waals surface area contributed by atoms with Gasteiger partial charge in [-0.25, -0.2) is 0 Å². The lowest BCUT2D eigenvalue weighted by atomic mass is 10.0. The van der Waals surface area contributed by atoms with Gasteiger partial charge in [0.25, 0.3) is 0 Å². The molecule has 0 N–H and O–H groups in total. The van der Waals surface area contributed by atoms with E-state index in [1.54, 1.807) is 0 Å². The van der Waals surface area contributed by atoms with Gasteiger partial charge in [-0.15, -0.1) is 0 Å². The lowest BCUT2D eigenvalue weighted by Crippen LogP contribution is -2.14. The molecular weight excluding hydrogens is 242 g/mol. The highest BCUT2D eigenvalue weighted by Crippen LogP contribution is 2.33. The van der Waals surface area contributed by atoms with Crippen molar-refractivity contribution >= 4 is 17.0 Å². The second-order valence-electron chi connectivity index (χ2n) is 5.32. The molecule has 0 saturated carbocycles. The minimum Gasteiger partial charge on any atom is -0.345 e. The van der Waals surface area contributed by atoms with Gasteiger partial charge in [0.1, 0.15) is 0 Å². The van der Waals surface area contributed by atoms with Crippen LogP contribution in [0.15, 0.2) is 61.7 Å². The Balaban J connectivity index is 1.90. The average molecular weight is 261 g/mol. The van der Waals surface area contributed by atoms with Crippen LogP contribution < -0.4 is 4.90 Å². The molecule has 0 aliphatic heterocycles. The quantitative estimate of drug-likeness (QED) is 0.770. The van der Waals surface area contributed by atoms with Crippen molar-refractivity contribution in [1.29, 1.82) is 0 Å². The van der Waals surface area contributed by atoms with Crippen molar-refractivity contribution in [3.05, 3.63) is 78.4 Å². The van der Waals surface area contributed by atoms with Gasteiger partial charge in [-0.05, 0) is 53.3 Å². The van der Waals surface area contributed by atoms with E-state index >= 15 is 0 Å². The standard InChI is InChI=1S/C19H19N/c1-14-9-10-17-13-16(11-12-19(14)17)15(2)20(3)18-7-5-4-6-8-18/h4-8,11-13H,1-2,9-10H2,3H3. The molecule has 0 atom stereocenters. The summed E-state index contributed by atoms with van der Waals surface area (Å²) < 4.78 is 0. The van der Waals surface area contributed by atoms with Gasteiger partial charge in [0, 0.05) is 18.4 Å². The summed E-state index contributed by atoms with van der Waals surface area (Å²) in [5.41, 5.74) is 7.34. The number of allylic oxidation sites excluding steroid dienone is 1. The summed E-state index contributed by atoms with van der Waals surface area (Å²) in [6, 6.07) is 16.9. The van der Waals surface area contributed by atoms with Crippen LogP contribution in [0.3, 0.4) is 0 Å². The topological polar surface area (TPSA) is 3.24 Å². The maximum Gasteiger partial charge on any atom is 0.0408 e. The van der Waals surface area contributed by atoms with Crippen LogP contribution in [-0.4, -0.2) is 7.05 Å². The molecule has 0 unspecified atom stereocenters. The summed E-state index contributed by atoms with van der Waals surface area (Å²) in [6.45, 7) is 8.37. The molecule has 100 valence electrons. The molecule has 0 bridgehead atoms. The second kappa shape index (κ2) is 5.01. The number of anilines is 1. The predicted octanol–water partition coefficient (Wildman–Crippen LogP) is 4.75. The third-order valence-corrected chi connectivity index (χ3v) is 4.06. The maximum absolute atomic E-state index is 4.25. The van der Waals surface area contributed by atoms with Crippen molar-refractivity contribution in [3.8, 4) is 0 Å². The van der Waals surface area contributed by atoms with Crippen LogP contribution in [0.1, 0.15) is 23.1 Å². The third-order valence-electron chi connectivity index (χ3n) is 4.06. The smallest absolute Gasteiger partial charge is 0.0408 e. The fourth-order valence-electron chi connectivity index (χ4n) is 2.75. The Hall–Kier alpha value is -2.28. The first-order chi connectivity index (χ1) is 9.66. The van der Waals surface area contributed by atoms with Crippen molar-refractivity contribution in [2.45, 2.75) is 12.8 Å². The van der Waals surface area contributed by atoms with E-state index in [4.69, 9.17) is 0 Å². The summed E-state index contributed by atoms with van der Waals surface area (Å²) in [5, 5.41) is 0. The number of fused-ring (bicyclic) bond motifs is 1. The van der Waals surface area contributed by atoms with Crippen LogP contribution >= 0.6 is 0 Å². The van der Waals surface area contributed by atoms with Crippen molar-refractivity contribution in [2.24, 2.45) is 0 Å². The van der Waals surface area contributed by atoms with E-state index in [1.807, 2.05) is 18.2 Å². The van der Waals surface area contributed by atoms with Crippen LogP contribution in [0.4, 0.5) is 5.69 Å². The summed E-state index contributed by atoms with van der Waals surface area (Å²) in [5.74, 6) is 0. The molecule has 1 nitrogen and oxygen atoms in total. The van der Waals surface area contributed by atoms with E-state index in [1.165, 1.54) is 22.3 Å². The van der Waals surface area contributed by atoms with Crippen molar-refractivity contribution in [1.82, 2.24) is 0 Å². The highest BCUT2D eigenvalue weighted by Gasteiger charge is 2.16. The lowest BCUT2D eigenvalue weighted by molar-refractivity contribution is 1.08. The van der Waals surface area contributed by atoms with Crippen LogP contribution in [0.2, 0.25) is 0 Å². The van der Waals surface area contributed by atoms with Gasteiger partial charge in [-0.2, -0.15) is 0 Å². The highest BCUT2D eigenvalue weighted by atomic mass is 15.1. The number of nitrogens with zero attached hydrogens (tertiary/aromatic N) is 1. The number of hydrogen-bond acceptors (Lipinski definition) is 1. The number of para-hydroxylation sites is 1.